The van der Waals surface area contributed by atoms with Gasteiger partial charge < -0.3 is 14.4 Å². The summed E-state index contributed by atoms with van der Waals surface area (Å²) in [6.07, 6.45) is 2.36. The molecule has 0 spiro atoms. The summed E-state index contributed by atoms with van der Waals surface area (Å²) in [6.45, 7) is 1.61. The van der Waals surface area contributed by atoms with Crippen molar-refractivity contribution in [3.63, 3.8) is 0 Å². The number of methoxy groups -OCH3 is 1. The van der Waals surface area contributed by atoms with Gasteiger partial charge in [-0.3, -0.25) is 0 Å². The van der Waals surface area contributed by atoms with Crippen molar-refractivity contribution in [2.45, 2.75) is 24.8 Å². The van der Waals surface area contributed by atoms with E-state index in [1.807, 2.05) is 4.90 Å². The topological polar surface area (TPSA) is 64.6 Å². The van der Waals surface area contributed by atoms with Crippen molar-refractivity contribution in [3.05, 3.63) is 5.82 Å². The van der Waals surface area contributed by atoms with Gasteiger partial charge in [0.05, 0.1) is 20.3 Å². The Kier molecular flexibility index (Phi) is 3.17. The molecule has 1 aromatic rings. The van der Waals surface area contributed by atoms with Crippen LogP contribution in [0.25, 0.3) is 0 Å². The smallest absolute Gasteiger partial charge is 0.330 e. The minimum atomic E-state index is -0.399. The highest BCUT2D eigenvalue weighted by molar-refractivity contribution is 7.09. The van der Waals surface area contributed by atoms with Crippen LogP contribution in [0.1, 0.15) is 24.6 Å². The molecule has 18 heavy (non-hydrogen) atoms. The molecular formula is C11H15N3O3S. The summed E-state index contributed by atoms with van der Waals surface area (Å²) in [4.78, 5) is 18.2. The molecule has 7 heteroatoms. The lowest BCUT2D eigenvalue weighted by molar-refractivity contribution is -0.144. The molecule has 2 aliphatic rings. The van der Waals surface area contributed by atoms with E-state index >= 15 is 0 Å². The first-order valence-corrected chi connectivity index (χ1v) is 6.82. The van der Waals surface area contributed by atoms with Gasteiger partial charge >= 0.3 is 5.97 Å². The summed E-state index contributed by atoms with van der Waals surface area (Å²) in [5, 5.41) is 0.801. The molecule has 1 aliphatic carbocycles. The zero-order chi connectivity index (χ0) is 12.5. The van der Waals surface area contributed by atoms with Crippen molar-refractivity contribution >= 4 is 22.6 Å². The lowest BCUT2D eigenvalue weighted by Gasteiger charge is -2.32. The molecule has 0 bridgehead atoms. The second-order valence-corrected chi connectivity index (χ2v) is 5.25. The predicted octanol–water partition coefficient (Wildman–Crippen LogP) is 0.794. The number of carbonyl (C=O) groups is 1. The van der Waals surface area contributed by atoms with Crippen LogP contribution in [0.3, 0.4) is 0 Å². The molecule has 0 amide bonds. The van der Waals surface area contributed by atoms with Gasteiger partial charge in [-0.05, 0) is 12.8 Å². The van der Waals surface area contributed by atoms with Gasteiger partial charge in [0.25, 0.3) is 0 Å². The molecule has 1 aliphatic heterocycles. The second kappa shape index (κ2) is 4.81. The van der Waals surface area contributed by atoms with Crippen molar-refractivity contribution < 1.29 is 14.3 Å². The van der Waals surface area contributed by atoms with Crippen LogP contribution in [0.15, 0.2) is 0 Å². The van der Waals surface area contributed by atoms with E-state index in [4.69, 9.17) is 9.47 Å². The molecule has 0 N–H and O–H groups in total. The number of ether oxygens (including phenoxy) is 2. The minimum absolute atomic E-state index is 0.280. The molecule has 2 heterocycles. The summed E-state index contributed by atoms with van der Waals surface area (Å²) in [5.74, 6) is 1.18. The Morgan fingerprint density at radius 3 is 3.11 bits per heavy atom. The van der Waals surface area contributed by atoms with Gasteiger partial charge in [0, 0.05) is 24.0 Å². The summed E-state index contributed by atoms with van der Waals surface area (Å²) in [5.41, 5.74) is 0. The van der Waals surface area contributed by atoms with Crippen LogP contribution >= 0.6 is 11.5 Å². The fourth-order valence-corrected chi connectivity index (χ4v) is 2.84. The van der Waals surface area contributed by atoms with E-state index in [2.05, 4.69) is 9.36 Å². The van der Waals surface area contributed by atoms with Crippen LogP contribution in [0.5, 0.6) is 0 Å². The van der Waals surface area contributed by atoms with E-state index in [0.29, 0.717) is 25.7 Å². The Balaban J connectivity index is 1.79. The van der Waals surface area contributed by atoms with E-state index in [1.54, 1.807) is 0 Å². The Hall–Kier alpha value is -1.21. The van der Waals surface area contributed by atoms with Gasteiger partial charge in [0.15, 0.2) is 6.04 Å². The number of nitrogens with zero attached hydrogens (tertiary/aromatic N) is 3. The molecule has 98 valence electrons. The van der Waals surface area contributed by atoms with E-state index < -0.39 is 6.04 Å². The molecule has 1 atom stereocenters. The van der Waals surface area contributed by atoms with Gasteiger partial charge in [-0.15, -0.1) is 0 Å². The standard InChI is InChI=1S/C11H15N3O3S/c1-16-10(15)8-6-17-5-4-14(8)11-12-9(13-18-11)7-2-3-7/h7-8H,2-6H2,1H3. The first kappa shape index (κ1) is 11.9. The summed E-state index contributed by atoms with van der Waals surface area (Å²) < 4.78 is 14.5. The van der Waals surface area contributed by atoms with Crippen molar-refractivity contribution in [3.8, 4) is 0 Å². The van der Waals surface area contributed by atoms with E-state index in [9.17, 15) is 4.79 Å². The molecule has 2 fully saturated rings. The lowest BCUT2D eigenvalue weighted by atomic mass is 10.2. The zero-order valence-corrected chi connectivity index (χ0v) is 11.0. The van der Waals surface area contributed by atoms with Crippen molar-refractivity contribution in [2.75, 3.05) is 31.8 Å². The summed E-state index contributed by atoms with van der Waals surface area (Å²) >= 11 is 1.36. The normalized spacial score (nSPS) is 24.1. The highest BCUT2D eigenvalue weighted by Gasteiger charge is 2.34. The van der Waals surface area contributed by atoms with Crippen LogP contribution in [0.4, 0.5) is 5.13 Å². The Labute approximate surface area is 109 Å². The third-order valence-corrected chi connectivity index (χ3v) is 3.99. The fraction of sp³-hybridized carbons (Fsp3) is 0.727. The Morgan fingerprint density at radius 2 is 2.39 bits per heavy atom. The molecule has 0 aromatic carbocycles. The number of morpholine rings is 1. The Bertz CT molecular complexity index is 446. The Morgan fingerprint density at radius 1 is 1.56 bits per heavy atom. The average molecular weight is 269 g/mol. The SMILES string of the molecule is COC(=O)C1COCCN1c1nc(C2CC2)ns1. The first-order valence-electron chi connectivity index (χ1n) is 6.05. The molecule has 1 saturated heterocycles. The van der Waals surface area contributed by atoms with Gasteiger partial charge in [-0.2, -0.15) is 4.37 Å². The third kappa shape index (κ3) is 2.20. The van der Waals surface area contributed by atoms with Crippen LogP contribution < -0.4 is 4.90 Å². The number of esters is 1. The van der Waals surface area contributed by atoms with Crippen LogP contribution in [-0.2, 0) is 14.3 Å². The number of hydrogen-bond donors (Lipinski definition) is 0. The maximum absolute atomic E-state index is 11.7. The maximum Gasteiger partial charge on any atom is 0.330 e. The molecule has 1 saturated carbocycles. The largest absolute Gasteiger partial charge is 0.467 e. The quantitative estimate of drug-likeness (QED) is 0.756. The number of rotatable bonds is 3. The summed E-state index contributed by atoms with van der Waals surface area (Å²) in [6, 6.07) is -0.399. The van der Waals surface area contributed by atoms with Crippen LogP contribution in [0.2, 0.25) is 0 Å². The van der Waals surface area contributed by atoms with Gasteiger partial charge in [0.2, 0.25) is 5.13 Å². The fourth-order valence-electron chi connectivity index (χ4n) is 2.01. The predicted molar refractivity (Wildman–Crippen MR) is 65.9 cm³/mol. The zero-order valence-electron chi connectivity index (χ0n) is 10.2. The highest BCUT2D eigenvalue weighted by Crippen LogP contribution is 2.40. The first-order chi connectivity index (χ1) is 8.79. The van der Waals surface area contributed by atoms with Crippen LogP contribution in [0, 0.1) is 0 Å². The van der Waals surface area contributed by atoms with Gasteiger partial charge in [-0.1, -0.05) is 0 Å². The third-order valence-electron chi connectivity index (χ3n) is 3.22. The summed E-state index contributed by atoms with van der Waals surface area (Å²) in [7, 11) is 1.39. The monoisotopic (exact) mass is 269 g/mol. The molecule has 0 radical (unpaired) electrons. The molecule has 1 unspecified atom stereocenters. The second-order valence-electron chi connectivity index (χ2n) is 4.52. The van der Waals surface area contributed by atoms with Crippen molar-refractivity contribution in [1.29, 1.82) is 0 Å². The number of hydrogen-bond acceptors (Lipinski definition) is 7. The number of anilines is 1. The highest BCUT2D eigenvalue weighted by atomic mass is 32.1. The van der Waals surface area contributed by atoms with E-state index in [0.717, 1.165) is 11.0 Å². The van der Waals surface area contributed by atoms with Gasteiger partial charge in [0.1, 0.15) is 5.82 Å². The maximum atomic E-state index is 11.7. The van der Waals surface area contributed by atoms with Gasteiger partial charge in [-0.25, -0.2) is 9.78 Å². The van der Waals surface area contributed by atoms with Crippen LogP contribution in [-0.4, -0.2) is 48.2 Å². The molecular weight excluding hydrogens is 254 g/mol. The minimum Gasteiger partial charge on any atom is -0.467 e. The van der Waals surface area contributed by atoms with Crippen molar-refractivity contribution in [2.24, 2.45) is 0 Å². The molecule has 6 nitrogen and oxygen atoms in total. The lowest BCUT2D eigenvalue weighted by Crippen LogP contribution is -2.50. The molecule has 3 rings (SSSR count). The number of aromatic nitrogens is 2. The van der Waals surface area contributed by atoms with E-state index in [-0.39, 0.29) is 5.97 Å². The number of carbonyl (C=O) groups excluding carboxylic acids is 1. The molecule has 1 aromatic heterocycles. The van der Waals surface area contributed by atoms with Crippen molar-refractivity contribution in [1.82, 2.24) is 9.36 Å². The van der Waals surface area contributed by atoms with E-state index in [1.165, 1.54) is 31.5 Å². The average Bonchev–Trinajstić information content (AvgIpc) is 3.16.